The molecule has 0 radical (unpaired) electrons. The van der Waals surface area contributed by atoms with Crippen LogP contribution >= 0.6 is 0 Å². The first-order valence-corrected chi connectivity index (χ1v) is 7.97. The third-order valence-electron chi connectivity index (χ3n) is 2.36. The minimum atomic E-state index is -2.48. The van der Waals surface area contributed by atoms with Gasteiger partial charge in [0.05, 0.1) is 0 Å². The third-order valence-corrected chi connectivity index (χ3v) is 5.39. The van der Waals surface area contributed by atoms with Gasteiger partial charge in [0.25, 0.3) is 0 Å². The normalized spacial score (nSPS) is 15.6. The van der Waals surface area contributed by atoms with Gasteiger partial charge in [0, 0.05) is 25.9 Å². The van der Waals surface area contributed by atoms with E-state index in [4.69, 9.17) is 13.3 Å². The van der Waals surface area contributed by atoms with E-state index in [-0.39, 0.29) is 0 Å². The van der Waals surface area contributed by atoms with Crippen LogP contribution in [0.2, 0.25) is 6.04 Å². The summed E-state index contributed by atoms with van der Waals surface area (Å²) in [6, 6.07) is 0.791. The molecule has 0 aromatic rings. The van der Waals surface area contributed by atoms with Crippen molar-refractivity contribution in [2.45, 2.75) is 33.2 Å². The number of hydrogen-bond donors (Lipinski definition) is 0. The van der Waals surface area contributed by atoms with Crippen LogP contribution in [0.25, 0.3) is 0 Å². The molecule has 0 aromatic carbocycles. The molecule has 0 bridgehead atoms. The second-order valence-electron chi connectivity index (χ2n) is 3.58. The fourth-order valence-electron chi connectivity index (χ4n) is 1.83. The second kappa shape index (κ2) is 7.01. The van der Waals surface area contributed by atoms with Gasteiger partial charge in [0.2, 0.25) is 0 Å². The topological polar surface area (TPSA) is 27.7 Å². The van der Waals surface area contributed by atoms with Crippen molar-refractivity contribution in [2.24, 2.45) is 0 Å². The summed E-state index contributed by atoms with van der Waals surface area (Å²) in [5, 5.41) is 0. The number of rotatable bonds is 8. The number of hydrogen-bond acceptors (Lipinski definition) is 3. The molecule has 1 aliphatic carbocycles. The van der Waals surface area contributed by atoms with Gasteiger partial charge in [-0.1, -0.05) is 18.2 Å². The maximum absolute atomic E-state index is 5.79. The van der Waals surface area contributed by atoms with E-state index in [9.17, 15) is 0 Å². The van der Waals surface area contributed by atoms with Crippen molar-refractivity contribution in [1.29, 1.82) is 0 Å². The highest BCUT2D eigenvalue weighted by molar-refractivity contribution is 6.61. The van der Waals surface area contributed by atoms with Crippen molar-refractivity contribution in [3.05, 3.63) is 23.8 Å². The summed E-state index contributed by atoms with van der Waals surface area (Å²) in [6.45, 7) is 7.88. The van der Waals surface area contributed by atoms with E-state index >= 15 is 0 Å². The summed E-state index contributed by atoms with van der Waals surface area (Å²) in [5.41, 5.74) is 1.28. The largest absolute Gasteiger partial charge is 0.505 e. The van der Waals surface area contributed by atoms with Crippen LogP contribution in [0, 0.1) is 0 Å². The Balaban J connectivity index is 2.68. The maximum atomic E-state index is 5.79. The minimum absolute atomic E-state index is 0.642. The molecule has 1 rings (SSSR count). The molecule has 0 aromatic heterocycles. The highest BCUT2D eigenvalue weighted by Crippen LogP contribution is 2.24. The Morgan fingerprint density at radius 1 is 1.06 bits per heavy atom. The van der Waals surface area contributed by atoms with Crippen LogP contribution in [0.5, 0.6) is 0 Å². The molecule has 0 amide bonds. The lowest BCUT2D eigenvalue weighted by Gasteiger charge is -2.28. The van der Waals surface area contributed by atoms with E-state index in [0.717, 1.165) is 12.5 Å². The van der Waals surface area contributed by atoms with Gasteiger partial charge < -0.3 is 13.3 Å². The average molecular weight is 242 g/mol. The smallest absolute Gasteiger partial charge is 0.374 e. The molecule has 0 atom stereocenters. The molecule has 0 unspecified atom stereocenters. The Hall–Kier alpha value is -0.423. The maximum Gasteiger partial charge on any atom is 0.505 e. The summed E-state index contributed by atoms with van der Waals surface area (Å²) in [7, 11) is -2.48. The van der Waals surface area contributed by atoms with Crippen LogP contribution in [0.4, 0.5) is 0 Å². The molecule has 0 spiro atoms. The van der Waals surface area contributed by atoms with Gasteiger partial charge >= 0.3 is 8.80 Å². The second-order valence-corrected chi connectivity index (χ2v) is 6.16. The molecule has 0 fully saturated rings. The molecule has 3 nitrogen and oxygen atoms in total. The molecule has 16 heavy (non-hydrogen) atoms. The van der Waals surface area contributed by atoms with Crippen molar-refractivity contribution in [3.8, 4) is 0 Å². The molecule has 4 heteroatoms. The summed E-state index contributed by atoms with van der Waals surface area (Å²) in [6.07, 6.45) is 7.51. The van der Waals surface area contributed by atoms with Gasteiger partial charge in [-0.3, -0.25) is 0 Å². The summed E-state index contributed by atoms with van der Waals surface area (Å²) < 4.78 is 17.4. The highest BCUT2D eigenvalue weighted by Gasteiger charge is 2.40. The molecule has 0 heterocycles. The van der Waals surface area contributed by atoms with Gasteiger partial charge in [0.15, 0.2) is 0 Å². The van der Waals surface area contributed by atoms with E-state index in [1.54, 1.807) is 0 Å². The SMILES string of the molecule is CCO[Si](CC1=CCC=C1)(OCC)OCC. The van der Waals surface area contributed by atoms with Crippen LogP contribution in [0.1, 0.15) is 27.2 Å². The monoisotopic (exact) mass is 242 g/mol. The zero-order valence-corrected chi connectivity index (χ0v) is 11.5. The summed E-state index contributed by atoms with van der Waals surface area (Å²) in [4.78, 5) is 0. The molecule has 1 aliphatic rings. The first-order valence-electron chi connectivity index (χ1n) is 6.03. The van der Waals surface area contributed by atoms with Crippen molar-refractivity contribution in [3.63, 3.8) is 0 Å². The van der Waals surface area contributed by atoms with E-state index in [1.165, 1.54) is 5.57 Å². The molecular formula is C12H22O3Si. The van der Waals surface area contributed by atoms with E-state index in [1.807, 2.05) is 20.8 Å². The molecule has 0 N–H and O–H groups in total. The lowest BCUT2D eigenvalue weighted by Crippen LogP contribution is -2.46. The van der Waals surface area contributed by atoms with Gasteiger partial charge in [-0.15, -0.1) is 0 Å². The van der Waals surface area contributed by atoms with E-state index in [2.05, 4.69) is 18.2 Å². The molecule has 0 aliphatic heterocycles. The number of allylic oxidation sites excluding steroid dienone is 4. The summed E-state index contributed by atoms with van der Waals surface area (Å²) >= 11 is 0. The minimum Gasteiger partial charge on any atom is -0.374 e. The molecule has 92 valence electrons. The Kier molecular flexibility index (Phi) is 5.98. The predicted octanol–water partition coefficient (Wildman–Crippen LogP) is 2.92. The van der Waals surface area contributed by atoms with Crippen molar-refractivity contribution in [2.75, 3.05) is 19.8 Å². The van der Waals surface area contributed by atoms with Crippen LogP contribution in [0.3, 0.4) is 0 Å². The highest BCUT2D eigenvalue weighted by atomic mass is 28.4. The van der Waals surface area contributed by atoms with Gasteiger partial charge in [0.1, 0.15) is 0 Å². The lowest BCUT2D eigenvalue weighted by molar-refractivity contribution is 0.0738. The lowest BCUT2D eigenvalue weighted by atomic mass is 10.3. The Bertz CT molecular complexity index is 244. The van der Waals surface area contributed by atoms with Crippen LogP contribution in [-0.4, -0.2) is 28.6 Å². The zero-order chi connectivity index (χ0) is 11.9. The van der Waals surface area contributed by atoms with Crippen LogP contribution in [-0.2, 0) is 13.3 Å². The summed E-state index contributed by atoms with van der Waals surface area (Å²) in [5.74, 6) is 0. The van der Waals surface area contributed by atoms with Gasteiger partial charge in [-0.05, 0) is 32.8 Å². The predicted molar refractivity (Wildman–Crippen MR) is 67.3 cm³/mol. The van der Waals surface area contributed by atoms with Gasteiger partial charge in [-0.2, -0.15) is 0 Å². The Morgan fingerprint density at radius 2 is 1.62 bits per heavy atom. The quantitative estimate of drug-likeness (QED) is 0.613. The van der Waals surface area contributed by atoms with Crippen molar-refractivity contribution < 1.29 is 13.3 Å². The molecule has 0 saturated heterocycles. The van der Waals surface area contributed by atoms with E-state index in [0.29, 0.717) is 19.8 Å². The van der Waals surface area contributed by atoms with Gasteiger partial charge in [-0.25, -0.2) is 0 Å². The van der Waals surface area contributed by atoms with E-state index < -0.39 is 8.80 Å². The first-order chi connectivity index (χ1) is 7.76. The van der Waals surface area contributed by atoms with Crippen molar-refractivity contribution >= 4 is 8.80 Å². The molecule has 0 saturated carbocycles. The fourth-order valence-corrected chi connectivity index (χ4v) is 4.46. The Morgan fingerprint density at radius 3 is 2.00 bits per heavy atom. The van der Waals surface area contributed by atoms with Crippen molar-refractivity contribution in [1.82, 2.24) is 0 Å². The van der Waals surface area contributed by atoms with Crippen LogP contribution in [0.15, 0.2) is 23.8 Å². The molecular weight excluding hydrogens is 220 g/mol. The third kappa shape index (κ3) is 3.86. The standard InChI is InChI=1S/C12H22O3Si/c1-4-13-16(14-5-2,15-6-3)11-12-9-7-8-10-12/h7,9-10H,4-6,8,11H2,1-3H3. The zero-order valence-electron chi connectivity index (χ0n) is 10.5. The fraction of sp³-hybridized carbons (Fsp3) is 0.667. The van der Waals surface area contributed by atoms with Crippen LogP contribution < -0.4 is 0 Å². The Labute approximate surface area is 99.5 Å². The average Bonchev–Trinajstić information content (AvgIpc) is 2.71. The first kappa shape index (κ1) is 13.6.